The Morgan fingerprint density at radius 3 is 2.74 bits per heavy atom. The number of carbonyl (C=O) groups excluding carboxylic acids is 1. The van der Waals surface area contributed by atoms with E-state index < -0.39 is 0 Å². The van der Waals surface area contributed by atoms with E-state index >= 15 is 0 Å². The maximum Gasteiger partial charge on any atom is 0.269 e. The summed E-state index contributed by atoms with van der Waals surface area (Å²) >= 11 is 0. The van der Waals surface area contributed by atoms with Crippen molar-refractivity contribution in [3.63, 3.8) is 0 Å². The Morgan fingerprint density at radius 1 is 1.26 bits per heavy atom. The van der Waals surface area contributed by atoms with Gasteiger partial charge in [-0.25, -0.2) is 9.97 Å². The first-order chi connectivity index (χ1) is 11.2. The van der Waals surface area contributed by atoms with Crippen LogP contribution in [0.1, 0.15) is 16.8 Å². The van der Waals surface area contributed by atoms with E-state index in [0.717, 1.165) is 6.42 Å². The van der Waals surface area contributed by atoms with Gasteiger partial charge in [-0.15, -0.1) is 0 Å². The number of methoxy groups -OCH3 is 1. The van der Waals surface area contributed by atoms with Crippen LogP contribution in [0.4, 0.5) is 17.3 Å². The van der Waals surface area contributed by atoms with Gasteiger partial charge in [-0.2, -0.15) is 0 Å². The number of nitrogens with zero attached hydrogens (tertiary/aromatic N) is 3. The first kappa shape index (κ1) is 16.4. The third-order valence-corrected chi connectivity index (χ3v) is 2.94. The highest BCUT2D eigenvalue weighted by atomic mass is 16.5. The Labute approximate surface area is 133 Å². The van der Waals surface area contributed by atoms with Gasteiger partial charge >= 0.3 is 0 Å². The molecule has 0 aliphatic carbocycles. The fourth-order valence-electron chi connectivity index (χ4n) is 1.75. The van der Waals surface area contributed by atoms with Gasteiger partial charge in [0.25, 0.3) is 5.91 Å². The predicted molar refractivity (Wildman–Crippen MR) is 86.8 cm³/mol. The Bertz CT molecular complexity index is 636. The fourth-order valence-corrected chi connectivity index (χ4v) is 1.75. The predicted octanol–water partition coefficient (Wildman–Crippen LogP) is 0.659. The van der Waals surface area contributed by atoms with Crippen molar-refractivity contribution in [3.8, 4) is 0 Å². The van der Waals surface area contributed by atoms with Crippen LogP contribution in [0.25, 0.3) is 0 Å². The van der Waals surface area contributed by atoms with Crippen molar-refractivity contribution >= 4 is 23.2 Å². The topological polar surface area (TPSA) is 127 Å². The number of pyridine rings is 1. The maximum absolute atomic E-state index is 11.9. The molecule has 0 aliphatic rings. The lowest BCUT2D eigenvalue weighted by Crippen LogP contribution is -2.30. The molecule has 0 radical (unpaired) electrons. The number of anilines is 3. The summed E-state index contributed by atoms with van der Waals surface area (Å²) in [6.45, 7) is 1.31. The monoisotopic (exact) mass is 317 g/mol. The summed E-state index contributed by atoms with van der Waals surface area (Å²) in [6, 6.07) is 3.20. The first-order valence-electron chi connectivity index (χ1n) is 7.02. The van der Waals surface area contributed by atoms with Crippen LogP contribution in [0.3, 0.4) is 0 Å². The lowest BCUT2D eigenvalue weighted by atomic mass is 10.3. The summed E-state index contributed by atoms with van der Waals surface area (Å²) in [4.78, 5) is 23.9. The third kappa shape index (κ3) is 4.78. The molecular formula is C14H19N7O2. The molecule has 122 valence electrons. The lowest BCUT2D eigenvalue weighted by molar-refractivity contribution is 0.0962. The minimum Gasteiger partial charge on any atom is -0.393 e. The van der Waals surface area contributed by atoms with E-state index in [-0.39, 0.29) is 5.91 Å². The average Bonchev–Trinajstić information content (AvgIpc) is 2.59. The van der Waals surface area contributed by atoms with Gasteiger partial charge in [0.15, 0.2) is 11.6 Å². The molecule has 0 saturated carbocycles. The summed E-state index contributed by atoms with van der Waals surface area (Å²) in [5, 5.41) is 3.09. The van der Waals surface area contributed by atoms with Crippen molar-refractivity contribution in [2.45, 2.75) is 6.42 Å². The molecule has 0 fully saturated rings. The van der Waals surface area contributed by atoms with Gasteiger partial charge in [0.1, 0.15) is 12.0 Å². The number of rotatable bonds is 8. The number of hydrazine groups is 1. The van der Waals surface area contributed by atoms with Crippen LogP contribution in [0.2, 0.25) is 0 Å². The zero-order valence-corrected chi connectivity index (χ0v) is 12.7. The maximum atomic E-state index is 11.9. The number of nitrogens with two attached hydrogens (primary N) is 1. The number of carbonyl (C=O) groups is 1. The van der Waals surface area contributed by atoms with Gasteiger partial charge < -0.3 is 15.8 Å². The van der Waals surface area contributed by atoms with Gasteiger partial charge in [0.05, 0.1) is 0 Å². The highest BCUT2D eigenvalue weighted by Crippen LogP contribution is 2.21. The minimum atomic E-state index is -0.319. The van der Waals surface area contributed by atoms with Crippen LogP contribution >= 0.6 is 0 Å². The van der Waals surface area contributed by atoms with Crippen molar-refractivity contribution in [1.82, 2.24) is 20.4 Å². The Balaban J connectivity index is 1.93. The smallest absolute Gasteiger partial charge is 0.269 e. The second kappa shape index (κ2) is 8.49. The van der Waals surface area contributed by atoms with E-state index in [1.54, 1.807) is 19.2 Å². The van der Waals surface area contributed by atoms with Crippen molar-refractivity contribution in [1.29, 1.82) is 0 Å². The quantitative estimate of drug-likeness (QED) is 0.413. The second-order valence-electron chi connectivity index (χ2n) is 4.57. The van der Waals surface area contributed by atoms with E-state index in [1.165, 1.54) is 18.7 Å². The summed E-state index contributed by atoms with van der Waals surface area (Å²) < 4.78 is 4.97. The van der Waals surface area contributed by atoms with Crippen LogP contribution in [0.5, 0.6) is 0 Å². The van der Waals surface area contributed by atoms with Crippen LogP contribution < -0.4 is 21.9 Å². The molecule has 5 N–H and O–H groups in total. The van der Waals surface area contributed by atoms with Gasteiger partial charge in [0.2, 0.25) is 0 Å². The number of nitrogen functional groups attached to an aromatic ring is 1. The zero-order valence-electron chi connectivity index (χ0n) is 12.7. The molecule has 0 bridgehead atoms. The number of ether oxygens (including phenoxy) is 1. The molecule has 9 nitrogen and oxygen atoms in total. The van der Waals surface area contributed by atoms with Crippen LogP contribution in [0.15, 0.2) is 30.9 Å². The summed E-state index contributed by atoms with van der Waals surface area (Å²) in [5.74, 6) is 0.494. The molecule has 2 rings (SSSR count). The molecule has 0 spiro atoms. The molecule has 23 heavy (non-hydrogen) atoms. The molecule has 2 aromatic rings. The third-order valence-electron chi connectivity index (χ3n) is 2.94. The van der Waals surface area contributed by atoms with Gasteiger partial charge in [-0.05, 0) is 18.6 Å². The standard InChI is InChI=1S/C14H19N7O2/c1-23-8-2-5-17-12-11(15)13(19-9-18-12)20-21-14(22)10-3-6-16-7-4-10/h3-4,6-7,9H,2,5,8,15H2,1H3,(H,21,22)(H2,17,18,19,20). The zero-order chi connectivity index (χ0) is 16.5. The summed E-state index contributed by atoms with van der Waals surface area (Å²) in [5.41, 5.74) is 12.0. The Hall–Kier alpha value is -2.94. The molecular weight excluding hydrogens is 298 g/mol. The minimum absolute atomic E-state index is 0.316. The molecule has 0 unspecified atom stereocenters. The van der Waals surface area contributed by atoms with E-state index in [4.69, 9.17) is 10.5 Å². The van der Waals surface area contributed by atoms with Crippen molar-refractivity contribution in [3.05, 3.63) is 36.4 Å². The van der Waals surface area contributed by atoms with Crippen LogP contribution in [-0.4, -0.2) is 41.1 Å². The number of hydrogen-bond acceptors (Lipinski definition) is 8. The van der Waals surface area contributed by atoms with Crippen LogP contribution in [0, 0.1) is 0 Å². The fraction of sp³-hybridized carbons (Fsp3) is 0.286. The van der Waals surface area contributed by atoms with Crippen molar-refractivity contribution in [2.75, 3.05) is 36.7 Å². The van der Waals surface area contributed by atoms with E-state index in [2.05, 4.69) is 31.1 Å². The molecule has 1 amide bonds. The van der Waals surface area contributed by atoms with E-state index in [9.17, 15) is 4.79 Å². The SMILES string of the molecule is COCCCNc1ncnc(NNC(=O)c2ccncc2)c1N. The molecule has 2 aromatic heterocycles. The van der Waals surface area contributed by atoms with Gasteiger partial charge in [0, 0.05) is 38.2 Å². The first-order valence-corrected chi connectivity index (χ1v) is 7.02. The highest BCUT2D eigenvalue weighted by Gasteiger charge is 2.09. The molecule has 9 heteroatoms. The molecule has 2 heterocycles. The molecule has 0 atom stereocenters. The van der Waals surface area contributed by atoms with E-state index in [1.807, 2.05) is 0 Å². The van der Waals surface area contributed by atoms with Gasteiger partial charge in [-0.1, -0.05) is 0 Å². The normalized spacial score (nSPS) is 10.1. The largest absolute Gasteiger partial charge is 0.393 e. The van der Waals surface area contributed by atoms with Crippen molar-refractivity contribution in [2.24, 2.45) is 0 Å². The second-order valence-corrected chi connectivity index (χ2v) is 4.57. The Kier molecular flexibility index (Phi) is 6.07. The summed E-state index contributed by atoms with van der Waals surface area (Å²) in [7, 11) is 1.65. The number of amides is 1. The molecule has 0 saturated heterocycles. The van der Waals surface area contributed by atoms with Gasteiger partial charge in [-0.3, -0.25) is 20.6 Å². The molecule has 0 aromatic carbocycles. The Morgan fingerprint density at radius 2 is 2.00 bits per heavy atom. The number of hydrogen-bond donors (Lipinski definition) is 4. The lowest BCUT2D eigenvalue weighted by Gasteiger charge is -2.13. The number of aromatic nitrogens is 3. The van der Waals surface area contributed by atoms with Crippen LogP contribution in [-0.2, 0) is 4.74 Å². The average molecular weight is 317 g/mol. The van der Waals surface area contributed by atoms with Crippen molar-refractivity contribution < 1.29 is 9.53 Å². The summed E-state index contributed by atoms with van der Waals surface area (Å²) in [6.07, 6.45) is 5.25. The number of nitrogens with one attached hydrogen (secondary N) is 3. The highest BCUT2D eigenvalue weighted by molar-refractivity contribution is 5.95. The molecule has 0 aliphatic heterocycles. The van der Waals surface area contributed by atoms with E-state index in [0.29, 0.717) is 36.0 Å².